The van der Waals surface area contributed by atoms with E-state index in [2.05, 4.69) is 17.7 Å². The molecule has 0 radical (unpaired) electrons. The quantitative estimate of drug-likeness (QED) is 0.784. The Kier molecular flexibility index (Phi) is 4.10. The molecular formula is C16H25N3O3. The van der Waals surface area contributed by atoms with Crippen LogP contribution in [-0.4, -0.2) is 28.4 Å². The first kappa shape index (κ1) is 15.3. The Morgan fingerprint density at radius 3 is 2.50 bits per heavy atom. The van der Waals surface area contributed by atoms with Gasteiger partial charge in [-0.25, -0.2) is 4.79 Å². The number of urea groups is 1. The zero-order valence-electron chi connectivity index (χ0n) is 13.2. The van der Waals surface area contributed by atoms with Crippen molar-refractivity contribution in [3.8, 4) is 0 Å². The molecule has 2 saturated carbocycles. The van der Waals surface area contributed by atoms with E-state index in [1.807, 2.05) is 0 Å². The first-order chi connectivity index (χ1) is 10.5. The monoisotopic (exact) mass is 307 g/mol. The second kappa shape index (κ2) is 5.89. The normalized spacial score (nSPS) is 32.6. The first-order valence-corrected chi connectivity index (χ1v) is 8.46. The van der Waals surface area contributed by atoms with Gasteiger partial charge in [-0.3, -0.25) is 15.0 Å². The predicted octanol–water partition coefficient (Wildman–Crippen LogP) is 2.10. The Labute approximate surface area is 131 Å². The highest BCUT2D eigenvalue weighted by molar-refractivity contribution is 6.08. The molecule has 6 nitrogen and oxygen atoms in total. The van der Waals surface area contributed by atoms with Gasteiger partial charge in [0.2, 0.25) is 5.91 Å². The summed E-state index contributed by atoms with van der Waals surface area (Å²) in [6.45, 7) is 2.16. The zero-order chi connectivity index (χ0) is 15.7. The van der Waals surface area contributed by atoms with Crippen LogP contribution >= 0.6 is 0 Å². The highest BCUT2D eigenvalue weighted by Gasteiger charge is 2.52. The number of carbonyl (C=O) groups excluding carboxylic acids is 3. The van der Waals surface area contributed by atoms with Crippen molar-refractivity contribution in [2.75, 3.05) is 0 Å². The SMILES string of the molecule is CC1CCC2(CC1)NC(=O)N(NC(=O)CC1CCCC1)C2=O. The standard InChI is InChI=1S/C16H25N3O3/c1-11-6-8-16(9-7-11)14(21)19(15(22)17-16)18-13(20)10-12-4-2-3-5-12/h11-12H,2-10H2,1H3,(H,17,22)(H,18,20). The Hall–Kier alpha value is -1.59. The summed E-state index contributed by atoms with van der Waals surface area (Å²) in [6.07, 6.45) is 8.05. The third-order valence-electron chi connectivity index (χ3n) is 5.47. The maximum Gasteiger partial charge on any atom is 0.344 e. The molecule has 1 aliphatic heterocycles. The van der Waals surface area contributed by atoms with Crippen LogP contribution in [0.2, 0.25) is 0 Å². The molecule has 0 aromatic rings. The van der Waals surface area contributed by atoms with Crippen molar-refractivity contribution in [2.45, 2.75) is 70.3 Å². The van der Waals surface area contributed by atoms with Crippen LogP contribution in [0.4, 0.5) is 4.79 Å². The molecule has 3 fully saturated rings. The summed E-state index contributed by atoms with van der Waals surface area (Å²) in [5, 5.41) is 3.72. The average molecular weight is 307 g/mol. The summed E-state index contributed by atoms with van der Waals surface area (Å²) in [6, 6.07) is -0.487. The van der Waals surface area contributed by atoms with Crippen LogP contribution in [-0.2, 0) is 9.59 Å². The minimum Gasteiger partial charge on any atom is -0.322 e. The summed E-state index contributed by atoms with van der Waals surface area (Å²) < 4.78 is 0. The molecule has 1 spiro atoms. The molecule has 122 valence electrons. The molecule has 3 aliphatic rings. The van der Waals surface area contributed by atoms with Crippen LogP contribution in [0.15, 0.2) is 0 Å². The largest absolute Gasteiger partial charge is 0.344 e. The van der Waals surface area contributed by atoms with E-state index < -0.39 is 11.6 Å². The van der Waals surface area contributed by atoms with E-state index in [1.165, 1.54) is 12.8 Å². The van der Waals surface area contributed by atoms with E-state index >= 15 is 0 Å². The predicted molar refractivity (Wildman–Crippen MR) is 80.5 cm³/mol. The number of carbonyl (C=O) groups is 3. The highest BCUT2D eigenvalue weighted by Crippen LogP contribution is 2.36. The lowest BCUT2D eigenvalue weighted by Crippen LogP contribution is -2.51. The first-order valence-electron chi connectivity index (χ1n) is 8.46. The molecule has 4 amide bonds. The van der Waals surface area contributed by atoms with Crippen molar-refractivity contribution in [1.29, 1.82) is 0 Å². The van der Waals surface area contributed by atoms with Crippen molar-refractivity contribution in [1.82, 2.24) is 15.8 Å². The Morgan fingerprint density at radius 1 is 1.23 bits per heavy atom. The zero-order valence-corrected chi connectivity index (χ0v) is 13.2. The van der Waals surface area contributed by atoms with Crippen LogP contribution in [0.1, 0.15) is 64.7 Å². The van der Waals surface area contributed by atoms with Gasteiger partial charge >= 0.3 is 6.03 Å². The van der Waals surface area contributed by atoms with E-state index in [0.29, 0.717) is 31.1 Å². The number of rotatable bonds is 3. The number of nitrogens with one attached hydrogen (secondary N) is 2. The number of hydrogen-bond donors (Lipinski definition) is 2. The van der Waals surface area contributed by atoms with Gasteiger partial charge in [0.25, 0.3) is 5.91 Å². The van der Waals surface area contributed by atoms with E-state index in [-0.39, 0.29) is 11.8 Å². The molecule has 22 heavy (non-hydrogen) atoms. The lowest BCUT2D eigenvalue weighted by atomic mass is 9.77. The lowest BCUT2D eigenvalue weighted by molar-refractivity contribution is -0.140. The van der Waals surface area contributed by atoms with E-state index in [9.17, 15) is 14.4 Å². The van der Waals surface area contributed by atoms with Crippen molar-refractivity contribution in [3.05, 3.63) is 0 Å². The minimum atomic E-state index is -0.787. The van der Waals surface area contributed by atoms with Crippen molar-refractivity contribution >= 4 is 17.8 Å². The van der Waals surface area contributed by atoms with Gasteiger partial charge in [0.15, 0.2) is 0 Å². The second-order valence-corrected chi connectivity index (χ2v) is 7.22. The smallest absolute Gasteiger partial charge is 0.322 e. The van der Waals surface area contributed by atoms with Crippen LogP contribution in [0.25, 0.3) is 0 Å². The highest BCUT2D eigenvalue weighted by atomic mass is 16.2. The third kappa shape index (κ3) is 2.83. The summed E-state index contributed by atoms with van der Waals surface area (Å²) in [7, 11) is 0. The second-order valence-electron chi connectivity index (χ2n) is 7.22. The molecule has 6 heteroatoms. The fourth-order valence-electron chi connectivity index (χ4n) is 3.96. The Balaban J connectivity index is 1.60. The molecule has 0 bridgehead atoms. The fourth-order valence-corrected chi connectivity index (χ4v) is 3.96. The Morgan fingerprint density at radius 2 is 1.86 bits per heavy atom. The Bertz CT molecular complexity index is 477. The molecule has 2 N–H and O–H groups in total. The molecule has 2 aliphatic carbocycles. The number of hydrogen-bond acceptors (Lipinski definition) is 3. The fraction of sp³-hybridized carbons (Fsp3) is 0.812. The number of imide groups is 1. The van der Waals surface area contributed by atoms with Crippen LogP contribution in [0.3, 0.4) is 0 Å². The number of nitrogens with zero attached hydrogens (tertiary/aromatic N) is 1. The summed E-state index contributed by atoms with van der Waals surface area (Å²) in [5.74, 6) is 0.465. The van der Waals surface area contributed by atoms with Gasteiger partial charge in [0.1, 0.15) is 5.54 Å². The van der Waals surface area contributed by atoms with Gasteiger partial charge in [-0.1, -0.05) is 19.8 Å². The maximum absolute atomic E-state index is 12.6. The van der Waals surface area contributed by atoms with Gasteiger partial charge in [-0.05, 0) is 50.4 Å². The summed E-state index contributed by atoms with van der Waals surface area (Å²) in [4.78, 5) is 36.8. The van der Waals surface area contributed by atoms with Crippen LogP contribution in [0.5, 0.6) is 0 Å². The molecule has 0 unspecified atom stereocenters. The summed E-state index contributed by atoms with van der Waals surface area (Å²) in [5.41, 5.74) is 1.73. The molecule has 1 saturated heterocycles. The van der Waals surface area contributed by atoms with Crippen LogP contribution in [0, 0.1) is 11.8 Å². The van der Waals surface area contributed by atoms with E-state index in [0.717, 1.165) is 30.7 Å². The average Bonchev–Trinajstić information content (AvgIpc) is 3.06. The van der Waals surface area contributed by atoms with Gasteiger partial charge in [0, 0.05) is 6.42 Å². The number of hydrazine groups is 1. The lowest BCUT2D eigenvalue weighted by Gasteiger charge is -2.33. The van der Waals surface area contributed by atoms with Gasteiger partial charge in [-0.2, -0.15) is 5.01 Å². The van der Waals surface area contributed by atoms with Gasteiger partial charge in [-0.15, -0.1) is 0 Å². The molecule has 0 atom stereocenters. The molecule has 1 heterocycles. The summed E-state index contributed by atoms with van der Waals surface area (Å²) >= 11 is 0. The maximum atomic E-state index is 12.6. The minimum absolute atomic E-state index is 0.225. The van der Waals surface area contributed by atoms with Crippen molar-refractivity contribution < 1.29 is 14.4 Å². The topological polar surface area (TPSA) is 78.5 Å². The third-order valence-corrected chi connectivity index (χ3v) is 5.47. The molecular weight excluding hydrogens is 282 g/mol. The van der Waals surface area contributed by atoms with Gasteiger partial charge < -0.3 is 5.32 Å². The molecule has 0 aromatic carbocycles. The van der Waals surface area contributed by atoms with Crippen molar-refractivity contribution in [2.24, 2.45) is 11.8 Å². The van der Waals surface area contributed by atoms with Gasteiger partial charge in [0.05, 0.1) is 0 Å². The van der Waals surface area contributed by atoms with Crippen LogP contribution < -0.4 is 10.7 Å². The number of amides is 4. The van der Waals surface area contributed by atoms with Crippen molar-refractivity contribution in [3.63, 3.8) is 0 Å². The molecule has 0 aromatic heterocycles. The van der Waals surface area contributed by atoms with E-state index in [4.69, 9.17) is 0 Å². The van der Waals surface area contributed by atoms with E-state index in [1.54, 1.807) is 0 Å². The molecule has 3 rings (SSSR count).